The van der Waals surface area contributed by atoms with E-state index in [4.69, 9.17) is 63.6 Å². The lowest BCUT2D eigenvalue weighted by Crippen LogP contribution is -2.52. The van der Waals surface area contributed by atoms with Gasteiger partial charge in [0.1, 0.15) is 29.5 Å². The topological polar surface area (TPSA) is 167 Å². The number of alkyl halides is 3. The molecule has 12 nitrogen and oxygen atoms in total. The first-order chi connectivity index (χ1) is 49.1. The lowest BCUT2D eigenvalue weighted by Gasteiger charge is -2.36. The Bertz CT molecular complexity index is 4000. The van der Waals surface area contributed by atoms with Gasteiger partial charge in [0.2, 0.25) is 17.5 Å². The van der Waals surface area contributed by atoms with Gasteiger partial charge in [0.05, 0.1) is 21.3 Å². The van der Waals surface area contributed by atoms with Crippen molar-refractivity contribution < 1.29 is 84.5 Å². The molecule has 3 saturated carbocycles. The first-order valence-electron chi connectivity index (χ1n) is 33.1. The van der Waals surface area contributed by atoms with Gasteiger partial charge in [-0.25, -0.2) is 40.7 Å². The average Bonchev–Trinajstić information content (AvgIpc) is 1.57. The fraction of sp³-hybridized carbons (Fsp3) is 0.296. The Kier molecular flexibility index (Phi) is 27.5. The molecule has 9 aromatic carbocycles. The van der Waals surface area contributed by atoms with Crippen LogP contribution in [0.25, 0.3) is 0 Å². The molecule has 0 spiro atoms. The first kappa shape index (κ1) is 77.3. The Morgan fingerprint density at radius 3 is 1.06 bits per heavy atom. The van der Waals surface area contributed by atoms with Gasteiger partial charge in [-0.1, -0.05) is 144 Å². The van der Waals surface area contributed by atoms with E-state index in [1.807, 2.05) is 18.2 Å². The summed E-state index contributed by atoms with van der Waals surface area (Å²) in [5.41, 5.74) is -1.81. The predicted molar refractivity (Wildman–Crippen MR) is 378 cm³/mol. The minimum absolute atomic E-state index is 0.0381. The number of ether oxygens (including phenoxy) is 6. The van der Waals surface area contributed by atoms with E-state index in [-0.39, 0.29) is 54.5 Å². The molecular weight excluding hydrogens is 1390 g/mol. The molecule has 3 N–H and O–H groups in total. The summed E-state index contributed by atoms with van der Waals surface area (Å²) in [6.07, 6.45) is -0.213. The van der Waals surface area contributed by atoms with Gasteiger partial charge in [0.25, 0.3) is 0 Å². The van der Waals surface area contributed by atoms with Gasteiger partial charge in [-0.3, -0.25) is 0 Å². The van der Waals surface area contributed by atoms with Crippen molar-refractivity contribution in [3.8, 4) is 34.5 Å². The largest absolute Gasteiger partial charge is 0.467 e. The van der Waals surface area contributed by atoms with Crippen molar-refractivity contribution in [2.24, 2.45) is 17.8 Å². The highest BCUT2D eigenvalue weighted by Gasteiger charge is 2.60. The second-order valence-corrected chi connectivity index (χ2v) is 26.4. The average molecular weight is 1460 g/mol. The molecule has 21 heteroatoms. The number of halogens is 9. The van der Waals surface area contributed by atoms with Gasteiger partial charge < -0.3 is 43.7 Å². The van der Waals surface area contributed by atoms with Crippen molar-refractivity contribution in [1.29, 1.82) is 0 Å². The zero-order valence-corrected chi connectivity index (χ0v) is 58.2. The van der Waals surface area contributed by atoms with Crippen LogP contribution in [-0.2, 0) is 47.9 Å². The fourth-order valence-electron chi connectivity index (χ4n) is 12.3. The van der Waals surface area contributed by atoms with E-state index in [1.54, 1.807) is 158 Å². The van der Waals surface area contributed by atoms with Crippen LogP contribution in [0.5, 0.6) is 34.5 Å². The van der Waals surface area contributed by atoms with Crippen LogP contribution in [0, 0.1) is 35.2 Å². The SMILES string of the molecule is COC(=O)C(F)(C(O)Cc1ccc(F)c(Oc2ccccc2)c1)[C@H](c1ccc(Cl)cc1)C1CC1.COC(=O)C(F)(C(O)Cc1ccc(F)c(Oc2ccccc2)c1)[C@H](c1ccc(Cl)cc1)C1CC1.COC(=O)C(F)[C@H](c1ccc(Cl)cc1)C1CC1.OCCc1ccc(F)c(Oc2ccccc2)c1. The van der Waals surface area contributed by atoms with E-state index >= 15 is 8.78 Å². The molecule has 3 aliphatic rings. The van der Waals surface area contributed by atoms with Crippen LogP contribution >= 0.6 is 34.8 Å². The van der Waals surface area contributed by atoms with Crippen molar-refractivity contribution in [2.75, 3.05) is 27.9 Å². The van der Waals surface area contributed by atoms with Crippen molar-refractivity contribution in [2.45, 2.75) is 105 Å². The highest BCUT2D eigenvalue weighted by Crippen LogP contribution is 2.54. The van der Waals surface area contributed by atoms with Gasteiger partial charge in [-0.15, -0.1) is 0 Å². The number of aliphatic hydroxyl groups excluding tert-OH is 3. The molecule has 0 saturated heterocycles. The maximum absolute atomic E-state index is 16.7. The van der Waals surface area contributed by atoms with Crippen molar-refractivity contribution in [1.82, 2.24) is 0 Å². The molecule has 8 atom stereocenters. The monoisotopic (exact) mass is 1460 g/mol. The molecule has 0 aromatic heterocycles. The Morgan fingerprint density at radius 2 is 0.755 bits per heavy atom. The number of carbonyl (C=O) groups is 3. The molecule has 9 aromatic rings. The lowest BCUT2D eigenvalue weighted by molar-refractivity contribution is -0.167. The summed E-state index contributed by atoms with van der Waals surface area (Å²) in [4.78, 5) is 36.8. The van der Waals surface area contributed by atoms with Gasteiger partial charge in [0, 0.05) is 52.3 Å². The zero-order valence-electron chi connectivity index (χ0n) is 56.0. The van der Waals surface area contributed by atoms with Gasteiger partial charge in [-0.2, -0.15) is 0 Å². The van der Waals surface area contributed by atoms with Crippen molar-refractivity contribution in [3.05, 3.63) is 284 Å². The second kappa shape index (κ2) is 36.3. The molecule has 0 aliphatic heterocycles. The van der Waals surface area contributed by atoms with Crippen LogP contribution < -0.4 is 14.2 Å². The predicted octanol–water partition coefficient (Wildman–Crippen LogP) is 19.0. The Hall–Kier alpha value is -8.88. The zero-order chi connectivity index (χ0) is 73.1. The minimum Gasteiger partial charge on any atom is -0.467 e. The van der Waals surface area contributed by atoms with Crippen LogP contribution in [-0.4, -0.2) is 90.9 Å². The Labute approximate surface area is 603 Å². The van der Waals surface area contributed by atoms with E-state index in [1.165, 1.54) is 49.6 Å². The summed E-state index contributed by atoms with van der Waals surface area (Å²) in [5, 5.41) is 32.6. The van der Waals surface area contributed by atoms with Crippen LogP contribution in [0.2, 0.25) is 15.1 Å². The standard InChI is InChI=1S/2C27H25ClF2O4.C14H13FO2.C13H14ClFO2/c2*1-33-26(32)27(30,25(18-8-9-18)19-10-12-20(28)13-11-19)24(31)16-17-7-14-22(29)23(15-17)34-21-5-3-2-4-6-21;15-13-7-6-11(8-9-16)10-14(13)17-12-4-2-1-3-5-12;1-17-13(16)12(15)11(8-2-3-8)9-4-6-10(14)7-5-9/h2*2-7,10-15,18,24-25,31H,8-9,16H2,1H3;1-7,10,16H,8-9H2;4-8,11-12H,2-3H2,1H3/t2*24?,25-,27?;;11-,12?/m00.0/s1. The molecule has 0 bridgehead atoms. The third-order valence-corrected chi connectivity index (χ3v) is 18.6. The summed E-state index contributed by atoms with van der Waals surface area (Å²) >= 11 is 17.8. The van der Waals surface area contributed by atoms with E-state index in [0.29, 0.717) is 61.0 Å². The normalized spacial score (nSPS) is 16.0. The summed E-state index contributed by atoms with van der Waals surface area (Å²) in [7, 11) is 3.40. The molecular formula is C81H77Cl3F6O12. The first-order valence-corrected chi connectivity index (χ1v) is 34.3. The van der Waals surface area contributed by atoms with Gasteiger partial charge in [0.15, 0.2) is 34.7 Å². The highest BCUT2D eigenvalue weighted by atomic mass is 35.5. The number of hydrogen-bond acceptors (Lipinski definition) is 12. The van der Waals surface area contributed by atoms with Crippen LogP contribution in [0.15, 0.2) is 218 Å². The van der Waals surface area contributed by atoms with Gasteiger partial charge in [-0.05, 0) is 205 Å². The van der Waals surface area contributed by atoms with Crippen LogP contribution in [0.4, 0.5) is 26.3 Å². The van der Waals surface area contributed by atoms with E-state index < -0.39 is 82.8 Å². The summed E-state index contributed by atoms with van der Waals surface area (Å²) < 4.78 is 120. The third-order valence-electron chi connectivity index (χ3n) is 17.8. The van der Waals surface area contributed by atoms with E-state index in [9.17, 15) is 42.2 Å². The number of benzene rings is 9. The Morgan fingerprint density at radius 1 is 0.441 bits per heavy atom. The number of rotatable bonds is 26. The molecule has 3 aliphatic carbocycles. The third kappa shape index (κ3) is 20.5. The maximum atomic E-state index is 16.7. The molecule has 102 heavy (non-hydrogen) atoms. The number of methoxy groups -OCH3 is 3. The molecule has 0 radical (unpaired) electrons. The molecule has 12 rings (SSSR count). The molecule has 3 fully saturated rings. The summed E-state index contributed by atoms with van der Waals surface area (Å²) in [6, 6.07) is 59.2. The quantitative estimate of drug-likeness (QED) is 0.0267. The second-order valence-electron chi connectivity index (χ2n) is 25.0. The van der Waals surface area contributed by atoms with Crippen LogP contribution in [0.3, 0.4) is 0 Å². The number of carbonyl (C=O) groups excluding carboxylic acids is 3. The number of para-hydroxylation sites is 3. The fourth-order valence-corrected chi connectivity index (χ4v) is 12.6. The minimum atomic E-state index is -2.71. The molecule has 0 heterocycles. The molecule has 0 amide bonds. The van der Waals surface area contributed by atoms with Gasteiger partial charge >= 0.3 is 17.9 Å². The number of esters is 3. The highest BCUT2D eigenvalue weighted by molar-refractivity contribution is 6.31. The van der Waals surface area contributed by atoms with E-state index in [2.05, 4.69) is 4.74 Å². The Balaban J connectivity index is 0.000000166. The molecule has 536 valence electrons. The summed E-state index contributed by atoms with van der Waals surface area (Å²) in [6.45, 7) is 0.0381. The maximum Gasteiger partial charge on any atom is 0.347 e. The van der Waals surface area contributed by atoms with E-state index in [0.717, 1.165) is 63.9 Å². The van der Waals surface area contributed by atoms with Crippen molar-refractivity contribution in [3.63, 3.8) is 0 Å². The van der Waals surface area contributed by atoms with Crippen LogP contribution in [0.1, 0.15) is 89.7 Å². The summed E-state index contributed by atoms with van der Waals surface area (Å²) in [5.74, 6) is -5.39. The lowest BCUT2D eigenvalue weighted by atomic mass is 9.75. The number of aliphatic hydroxyl groups is 3. The van der Waals surface area contributed by atoms with Crippen molar-refractivity contribution >= 4 is 52.7 Å². The molecule has 5 unspecified atom stereocenters. The smallest absolute Gasteiger partial charge is 0.347 e. The number of hydrogen-bond donors (Lipinski definition) is 3.